The molecule has 1 aliphatic carbocycles. The van der Waals surface area contributed by atoms with Gasteiger partial charge in [0, 0.05) is 59.7 Å². The average molecular weight is 866 g/mol. The van der Waals surface area contributed by atoms with Crippen LogP contribution in [0, 0.1) is 0 Å². The van der Waals surface area contributed by atoms with Gasteiger partial charge in [0.1, 0.15) is 6.54 Å². The van der Waals surface area contributed by atoms with E-state index < -0.39 is 26.0 Å². The lowest BCUT2D eigenvalue weighted by molar-refractivity contribution is -0.698. The van der Waals surface area contributed by atoms with E-state index in [0.717, 1.165) is 61.9 Å². The summed E-state index contributed by atoms with van der Waals surface area (Å²) in [5, 5.41) is 12.6. The third kappa shape index (κ3) is 12.3. The van der Waals surface area contributed by atoms with Gasteiger partial charge < -0.3 is 14.8 Å². The molecular formula is C49H47N5O6S2. The number of nitrogens with one attached hydrogen (secondary N) is 1. The molecule has 62 heavy (non-hydrogen) atoms. The van der Waals surface area contributed by atoms with E-state index in [1.54, 1.807) is 0 Å². The van der Waals surface area contributed by atoms with Gasteiger partial charge in [-0.1, -0.05) is 84.9 Å². The van der Waals surface area contributed by atoms with Crippen molar-refractivity contribution in [1.82, 2.24) is 4.90 Å². The van der Waals surface area contributed by atoms with Crippen LogP contribution in [0.2, 0.25) is 0 Å². The predicted molar refractivity (Wildman–Crippen MR) is 244 cm³/mol. The Morgan fingerprint density at radius 1 is 0.742 bits per heavy atom. The van der Waals surface area contributed by atoms with Crippen LogP contribution >= 0.6 is 0 Å². The minimum absolute atomic E-state index is 0.173. The minimum atomic E-state index is -4.37. The van der Waals surface area contributed by atoms with Crippen molar-refractivity contribution in [2.24, 2.45) is 10.2 Å². The summed E-state index contributed by atoms with van der Waals surface area (Å²) in [6.07, 6.45) is 15.9. The van der Waals surface area contributed by atoms with Gasteiger partial charge in [0.15, 0.2) is 6.20 Å². The van der Waals surface area contributed by atoms with E-state index in [2.05, 4.69) is 39.8 Å². The van der Waals surface area contributed by atoms with Gasteiger partial charge in [-0.3, -0.25) is 4.55 Å². The fraction of sp³-hybridized carbons (Fsp3) is 0.163. The largest absolute Gasteiger partial charge is 0.748 e. The first kappa shape index (κ1) is 43.6. The first-order chi connectivity index (χ1) is 30.0. The summed E-state index contributed by atoms with van der Waals surface area (Å²) in [7, 11) is -8.50. The number of allylic oxidation sites excluding steroid dienone is 8. The summed E-state index contributed by atoms with van der Waals surface area (Å²) < 4.78 is 69.4. The molecule has 7 rings (SSSR count). The molecule has 5 aromatic rings. The van der Waals surface area contributed by atoms with Gasteiger partial charge in [0.2, 0.25) is 5.69 Å². The first-order valence-corrected chi connectivity index (χ1v) is 23.5. The van der Waals surface area contributed by atoms with E-state index in [1.807, 2.05) is 161 Å². The molecule has 0 spiro atoms. The lowest BCUT2D eigenvalue weighted by atomic mass is 9.97. The second-order valence-corrected chi connectivity index (χ2v) is 17.9. The summed E-state index contributed by atoms with van der Waals surface area (Å²) in [5.74, 6) is -0.807. The molecule has 1 aliphatic heterocycles. The molecule has 0 saturated heterocycles. The van der Waals surface area contributed by atoms with Gasteiger partial charge in [0.25, 0.3) is 10.1 Å². The Morgan fingerprint density at radius 2 is 1.39 bits per heavy atom. The van der Waals surface area contributed by atoms with Crippen molar-refractivity contribution in [3.63, 3.8) is 0 Å². The van der Waals surface area contributed by atoms with Crippen LogP contribution in [0.3, 0.4) is 0 Å². The van der Waals surface area contributed by atoms with Crippen molar-refractivity contribution in [2.45, 2.75) is 32.2 Å². The van der Waals surface area contributed by atoms with E-state index in [-0.39, 0.29) is 18.6 Å². The Balaban J connectivity index is 1.36. The van der Waals surface area contributed by atoms with Crippen LogP contribution < -0.4 is 9.88 Å². The van der Waals surface area contributed by atoms with E-state index >= 15 is 0 Å². The van der Waals surface area contributed by atoms with Crippen LogP contribution in [0.5, 0.6) is 0 Å². The van der Waals surface area contributed by atoms with Gasteiger partial charge >= 0.3 is 0 Å². The Morgan fingerprint density at radius 3 is 2.06 bits per heavy atom. The number of benzene rings is 4. The number of aryl methyl sites for hydroxylation is 1. The summed E-state index contributed by atoms with van der Waals surface area (Å²) in [4.78, 5) is 2.01. The predicted octanol–water partition coefficient (Wildman–Crippen LogP) is 9.92. The first-order valence-electron chi connectivity index (χ1n) is 20.3. The highest BCUT2D eigenvalue weighted by atomic mass is 32.2. The van der Waals surface area contributed by atoms with Crippen LogP contribution in [0.15, 0.2) is 209 Å². The number of rotatable bonds is 17. The van der Waals surface area contributed by atoms with Crippen molar-refractivity contribution in [1.29, 1.82) is 0 Å². The van der Waals surface area contributed by atoms with Crippen LogP contribution in [0.25, 0.3) is 11.1 Å². The highest BCUT2D eigenvalue weighted by molar-refractivity contribution is 7.85. The molecule has 0 radical (unpaired) electrons. The molecule has 0 bridgehead atoms. The van der Waals surface area contributed by atoms with Crippen molar-refractivity contribution in [2.75, 3.05) is 23.4 Å². The summed E-state index contributed by atoms with van der Waals surface area (Å²) in [6.45, 7) is 0.707. The number of pyridine rings is 1. The molecule has 0 atom stereocenters. The highest BCUT2D eigenvalue weighted by Gasteiger charge is 2.25. The summed E-state index contributed by atoms with van der Waals surface area (Å²) in [5.41, 5.74) is 10.9. The van der Waals surface area contributed by atoms with E-state index in [9.17, 15) is 25.9 Å². The van der Waals surface area contributed by atoms with Crippen molar-refractivity contribution in [3.05, 3.63) is 216 Å². The Bertz CT molecular complexity index is 2800. The van der Waals surface area contributed by atoms with E-state index in [1.165, 1.54) is 0 Å². The fourth-order valence-electron chi connectivity index (χ4n) is 7.40. The standard InChI is InChI=1S/C49H47N5O6S2/c55-61(56,57)34-14-32-53-30-12-10-22-47(53)45(38-16-4-1-5-17-38)36-40-24-25-41(49(40)50-42-26-28-44(29-27-42)52-51-43-20-8-3-9-21-43)37-46(39-18-6-2-7-19-39)48-23-11-13-31-54(48)33-15-35-62(58,59)60/h1-13,16-23,26-31,36-37H,14-15,24-25,32-35H2,(H2,55,56,57,58,59,60)/b40-36+,47-45+,52-51?. The minimum Gasteiger partial charge on any atom is -0.748 e. The number of nitrogens with zero attached hydrogens (tertiary/aromatic N) is 4. The fourth-order valence-corrected chi connectivity index (χ4v) is 8.37. The third-order valence-corrected chi connectivity index (χ3v) is 11.9. The quantitative estimate of drug-likeness (QED) is 0.0532. The van der Waals surface area contributed by atoms with Gasteiger partial charge in [-0.15, -0.1) is 0 Å². The zero-order chi connectivity index (χ0) is 43.4. The van der Waals surface area contributed by atoms with Crippen LogP contribution in [-0.4, -0.2) is 48.9 Å². The topological polar surface area (TPSA) is 155 Å². The average Bonchev–Trinajstić information content (AvgIpc) is 3.64. The van der Waals surface area contributed by atoms with Gasteiger partial charge in [-0.05, 0) is 108 Å². The molecule has 4 aromatic carbocycles. The molecule has 0 unspecified atom stereocenters. The molecule has 1 aromatic heterocycles. The van der Waals surface area contributed by atoms with Crippen LogP contribution in [0.4, 0.5) is 17.1 Å². The number of hydrogen-bond donors (Lipinski definition) is 2. The van der Waals surface area contributed by atoms with Crippen molar-refractivity contribution < 1.29 is 30.5 Å². The lowest BCUT2D eigenvalue weighted by Crippen LogP contribution is -2.38. The lowest BCUT2D eigenvalue weighted by Gasteiger charge is -2.26. The summed E-state index contributed by atoms with van der Waals surface area (Å²) in [6, 6.07) is 43.2. The molecule has 0 fully saturated rings. The van der Waals surface area contributed by atoms with E-state index in [4.69, 9.17) is 0 Å². The second kappa shape index (κ2) is 20.4. The van der Waals surface area contributed by atoms with E-state index in [0.29, 0.717) is 31.6 Å². The zero-order valence-electron chi connectivity index (χ0n) is 34.0. The number of azo groups is 1. The number of aromatic nitrogens is 1. The maximum Gasteiger partial charge on any atom is 0.264 e. The number of hydrogen-bond acceptors (Lipinski definition) is 9. The van der Waals surface area contributed by atoms with Gasteiger partial charge in [-0.25, -0.2) is 8.42 Å². The number of anilines is 1. The van der Waals surface area contributed by atoms with Crippen molar-refractivity contribution >= 4 is 48.4 Å². The van der Waals surface area contributed by atoms with Gasteiger partial charge in [0.05, 0.1) is 32.8 Å². The smallest absolute Gasteiger partial charge is 0.264 e. The Hall–Kier alpha value is -6.51. The second-order valence-electron chi connectivity index (χ2n) is 14.8. The molecular weight excluding hydrogens is 819 g/mol. The zero-order valence-corrected chi connectivity index (χ0v) is 35.6. The normalized spacial score (nSPS) is 16.1. The molecule has 2 aliphatic rings. The third-order valence-electron chi connectivity index (χ3n) is 10.3. The van der Waals surface area contributed by atoms with Crippen LogP contribution in [0.1, 0.15) is 42.5 Å². The Kier molecular flexibility index (Phi) is 14.3. The molecule has 2 N–H and O–H groups in total. The Labute approximate surface area is 363 Å². The maximum atomic E-state index is 11.6. The molecule has 0 amide bonds. The molecule has 13 heteroatoms. The SMILES string of the molecule is O=S(=O)([O-])CCC[n+]1ccccc1/C(=C/C1=C(Nc2ccc(N=Nc3ccccc3)cc2)C(=C/C(=C2/C=CC=CN2CCCS(=O)(=O)O)c2ccccc2)/CC1)c1ccccc1. The van der Waals surface area contributed by atoms with Gasteiger partial charge in [-0.2, -0.15) is 23.2 Å². The highest BCUT2D eigenvalue weighted by Crippen LogP contribution is 2.39. The molecule has 0 saturated carbocycles. The maximum absolute atomic E-state index is 11.6. The molecule has 11 nitrogen and oxygen atoms in total. The monoisotopic (exact) mass is 865 g/mol. The molecule has 316 valence electrons. The summed E-state index contributed by atoms with van der Waals surface area (Å²) >= 11 is 0. The van der Waals surface area contributed by atoms with Crippen molar-refractivity contribution in [3.8, 4) is 0 Å². The van der Waals surface area contributed by atoms with Crippen LogP contribution in [-0.2, 0) is 26.8 Å². The molecule has 2 heterocycles.